The van der Waals surface area contributed by atoms with Gasteiger partial charge in [0.1, 0.15) is 5.69 Å². The summed E-state index contributed by atoms with van der Waals surface area (Å²) in [7, 11) is 1.37. The summed E-state index contributed by atoms with van der Waals surface area (Å²) in [4.78, 5) is 10.8. The Bertz CT molecular complexity index is 381. The molecule has 1 aromatic heterocycles. The van der Waals surface area contributed by atoms with Gasteiger partial charge in [-0.05, 0) is 12.9 Å². The molecule has 4 nitrogen and oxygen atoms in total. The van der Waals surface area contributed by atoms with Crippen LogP contribution in [0.3, 0.4) is 0 Å². The molecular formula is C6H9N3O. The van der Waals surface area contributed by atoms with Crippen molar-refractivity contribution in [2.75, 3.05) is 0 Å². The molecule has 0 atom stereocenters. The number of nitrogens with two attached hydrogens (primary N) is 1. The van der Waals surface area contributed by atoms with Crippen molar-refractivity contribution >= 4 is 5.91 Å². The molecule has 1 heterocycles. The van der Waals surface area contributed by atoms with E-state index in [9.17, 15) is 4.79 Å². The van der Waals surface area contributed by atoms with Crippen LogP contribution in [0.25, 0.3) is 0 Å². The molecule has 10 heavy (non-hydrogen) atoms. The molecule has 4 heteroatoms. The van der Waals surface area contributed by atoms with Crippen LogP contribution in [0, 0.1) is 6.85 Å². The molecule has 0 saturated carbocycles. The Morgan fingerprint density at radius 3 is 3.10 bits per heavy atom. The molecule has 0 aromatic carbocycles. The Hall–Kier alpha value is -1.32. The van der Waals surface area contributed by atoms with Crippen molar-refractivity contribution in [3.05, 3.63) is 17.4 Å². The monoisotopic (exact) mass is 143 g/mol. The van der Waals surface area contributed by atoms with Gasteiger partial charge in [-0.15, -0.1) is 0 Å². The molecule has 2 N–H and O–H groups in total. The number of hydrogen-bond donors (Lipinski definition) is 1. The lowest BCUT2D eigenvalue weighted by Gasteiger charge is -1.92. The normalized spacial score (nSPS) is 16.9. The lowest BCUT2D eigenvalue weighted by molar-refractivity contribution is 0.0991. The van der Waals surface area contributed by atoms with E-state index in [1.54, 1.807) is 0 Å². The SMILES string of the molecule is [2H]c1c(C([2H])([2H])[2H])nn(C)c1C(N)=O. The first kappa shape index (κ1) is 3.18. The summed E-state index contributed by atoms with van der Waals surface area (Å²) in [6.07, 6.45) is 0. The molecule has 54 valence electrons. The first-order chi connectivity index (χ1) is 6.25. The van der Waals surface area contributed by atoms with E-state index in [0.29, 0.717) is 0 Å². The maximum Gasteiger partial charge on any atom is 0.266 e. The van der Waals surface area contributed by atoms with Crippen molar-refractivity contribution in [3.63, 3.8) is 0 Å². The van der Waals surface area contributed by atoms with Crippen LogP contribution >= 0.6 is 0 Å². The molecule has 0 fully saturated rings. The first-order valence-electron chi connectivity index (χ1n) is 4.59. The van der Waals surface area contributed by atoms with Gasteiger partial charge in [-0.25, -0.2) is 0 Å². The van der Waals surface area contributed by atoms with E-state index >= 15 is 0 Å². The van der Waals surface area contributed by atoms with Gasteiger partial charge in [-0.3, -0.25) is 9.48 Å². The number of carbonyl (C=O) groups excluding carboxylic acids is 1. The summed E-state index contributed by atoms with van der Waals surface area (Å²) < 4.78 is 29.6. The third-order valence-corrected chi connectivity index (χ3v) is 1.04. The summed E-state index contributed by atoms with van der Waals surface area (Å²) >= 11 is 0. The number of nitrogens with zero attached hydrogens (tertiary/aromatic N) is 2. The van der Waals surface area contributed by atoms with Crippen LogP contribution in [0.4, 0.5) is 0 Å². The molecule has 0 spiro atoms. The maximum atomic E-state index is 10.8. The highest BCUT2D eigenvalue weighted by Gasteiger charge is 2.05. The van der Waals surface area contributed by atoms with Gasteiger partial charge in [0, 0.05) is 11.2 Å². The molecule has 0 bridgehead atoms. The molecule has 0 unspecified atom stereocenters. The van der Waals surface area contributed by atoms with Gasteiger partial charge in [0.25, 0.3) is 5.91 Å². The Morgan fingerprint density at radius 1 is 2.10 bits per heavy atom. The topological polar surface area (TPSA) is 60.9 Å². The van der Waals surface area contributed by atoms with Crippen molar-refractivity contribution < 1.29 is 10.3 Å². The van der Waals surface area contributed by atoms with Crippen LogP contribution in [0.15, 0.2) is 6.04 Å². The molecule has 1 aromatic rings. The van der Waals surface area contributed by atoms with E-state index in [-0.39, 0.29) is 5.69 Å². The van der Waals surface area contributed by atoms with E-state index in [1.165, 1.54) is 7.05 Å². The van der Waals surface area contributed by atoms with Crippen molar-refractivity contribution in [2.45, 2.75) is 6.85 Å². The number of aryl methyl sites for hydroxylation is 2. The van der Waals surface area contributed by atoms with Crippen LogP contribution in [0.1, 0.15) is 21.7 Å². The minimum Gasteiger partial charge on any atom is -0.364 e. The van der Waals surface area contributed by atoms with Gasteiger partial charge in [-0.1, -0.05) is 0 Å². The highest BCUT2D eigenvalue weighted by Crippen LogP contribution is 1.99. The van der Waals surface area contributed by atoms with Gasteiger partial charge in [0.05, 0.1) is 7.06 Å². The fourth-order valence-corrected chi connectivity index (χ4v) is 0.639. The Labute approximate surface area is 64.3 Å². The summed E-state index contributed by atoms with van der Waals surface area (Å²) in [5.41, 5.74) is 4.36. The number of aromatic nitrogens is 2. The predicted octanol–water partition coefficient (Wildman–Crippen LogP) is -0.173. The number of amides is 1. The fourth-order valence-electron chi connectivity index (χ4n) is 0.639. The maximum absolute atomic E-state index is 10.8. The molecule has 0 aliphatic heterocycles. The van der Waals surface area contributed by atoms with Crippen LogP contribution < -0.4 is 5.73 Å². The number of rotatable bonds is 1. The molecule has 1 rings (SSSR count). The summed E-state index contributed by atoms with van der Waals surface area (Å²) in [5, 5.41) is 3.57. The molecule has 0 saturated heterocycles. The molecule has 1 amide bonds. The van der Waals surface area contributed by atoms with Crippen LogP contribution in [0.5, 0.6) is 0 Å². The minimum absolute atomic E-state index is 0.198. The Kier molecular flexibility index (Phi) is 0.679. The first-order valence-corrected chi connectivity index (χ1v) is 2.59. The summed E-state index contributed by atoms with van der Waals surface area (Å²) in [5.74, 6) is -0.861. The van der Waals surface area contributed by atoms with E-state index in [1.807, 2.05) is 0 Å². The average molecular weight is 143 g/mol. The lowest BCUT2D eigenvalue weighted by Crippen LogP contribution is -2.15. The van der Waals surface area contributed by atoms with Crippen LogP contribution in [-0.4, -0.2) is 15.7 Å². The van der Waals surface area contributed by atoms with Crippen molar-refractivity contribution in [3.8, 4) is 0 Å². The Balaban J connectivity index is 3.39. The van der Waals surface area contributed by atoms with Gasteiger partial charge in [0.2, 0.25) is 0 Å². The largest absolute Gasteiger partial charge is 0.364 e. The second-order valence-corrected chi connectivity index (χ2v) is 1.81. The van der Waals surface area contributed by atoms with Gasteiger partial charge < -0.3 is 5.73 Å². The number of carbonyl (C=O) groups is 1. The third-order valence-electron chi connectivity index (χ3n) is 1.04. The van der Waals surface area contributed by atoms with Gasteiger partial charge in [0.15, 0.2) is 0 Å². The zero-order chi connectivity index (χ0) is 11.1. The van der Waals surface area contributed by atoms with E-state index in [4.69, 9.17) is 11.2 Å². The number of hydrogen-bond acceptors (Lipinski definition) is 2. The smallest absolute Gasteiger partial charge is 0.266 e. The second-order valence-electron chi connectivity index (χ2n) is 1.81. The van der Waals surface area contributed by atoms with Crippen LogP contribution in [-0.2, 0) is 7.05 Å². The van der Waals surface area contributed by atoms with Gasteiger partial charge >= 0.3 is 0 Å². The standard InChI is InChI=1S/C6H9N3O/c1-4-3-5(6(7)10)9(2)8-4/h3H,1-2H3,(H2,7,10)/i1D3,3D. The molecule has 0 aliphatic rings. The highest BCUT2D eigenvalue weighted by atomic mass is 16.1. The predicted molar refractivity (Wildman–Crippen MR) is 36.5 cm³/mol. The second kappa shape index (κ2) is 2.13. The van der Waals surface area contributed by atoms with Gasteiger partial charge in [-0.2, -0.15) is 5.10 Å². The highest BCUT2D eigenvalue weighted by molar-refractivity contribution is 5.91. The average Bonchev–Trinajstić information content (AvgIpc) is 2.24. The molecular weight excluding hydrogens is 130 g/mol. The van der Waals surface area contributed by atoms with E-state index in [2.05, 4.69) is 5.10 Å². The zero-order valence-electron chi connectivity index (χ0n) is 9.38. The van der Waals surface area contributed by atoms with Crippen LogP contribution in [0.2, 0.25) is 0 Å². The fraction of sp³-hybridized carbons (Fsp3) is 0.333. The van der Waals surface area contributed by atoms with Crippen molar-refractivity contribution in [1.82, 2.24) is 9.78 Å². The van der Waals surface area contributed by atoms with E-state index in [0.717, 1.165) is 4.68 Å². The lowest BCUT2D eigenvalue weighted by atomic mass is 10.3. The van der Waals surface area contributed by atoms with E-state index < -0.39 is 24.5 Å². The minimum atomic E-state index is -2.50. The molecule has 0 radical (unpaired) electrons. The van der Waals surface area contributed by atoms with Crippen molar-refractivity contribution in [2.24, 2.45) is 12.8 Å². The zero-order valence-corrected chi connectivity index (χ0v) is 5.38. The summed E-state index contributed by atoms with van der Waals surface area (Å²) in [6.45, 7) is -2.50. The quantitative estimate of drug-likeness (QED) is 0.593. The summed E-state index contributed by atoms with van der Waals surface area (Å²) in [6, 6.07) is -0.431. The third kappa shape index (κ3) is 1.00. The Morgan fingerprint density at radius 2 is 2.80 bits per heavy atom. The van der Waals surface area contributed by atoms with Crippen molar-refractivity contribution in [1.29, 1.82) is 0 Å². The number of primary amides is 1. The molecule has 0 aliphatic carbocycles.